The van der Waals surface area contributed by atoms with Gasteiger partial charge in [-0.15, -0.1) is 0 Å². The number of rotatable bonds is 5. The van der Waals surface area contributed by atoms with E-state index >= 15 is 0 Å². The van der Waals surface area contributed by atoms with Crippen LogP contribution in [0.3, 0.4) is 0 Å². The molecule has 1 heterocycles. The van der Waals surface area contributed by atoms with E-state index in [1.165, 1.54) is 0 Å². The van der Waals surface area contributed by atoms with Gasteiger partial charge in [0.05, 0.1) is 5.69 Å². The minimum atomic E-state index is 0.717. The molecule has 0 bridgehead atoms. The van der Waals surface area contributed by atoms with Crippen molar-refractivity contribution in [1.82, 2.24) is 0 Å². The van der Waals surface area contributed by atoms with Crippen molar-refractivity contribution < 1.29 is 4.42 Å². The van der Waals surface area contributed by atoms with Crippen LogP contribution in [0.5, 0.6) is 0 Å². The summed E-state index contributed by atoms with van der Waals surface area (Å²) in [5.74, 6) is 0. The van der Waals surface area contributed by atoms with E-state index in [4.69, 9.17) is 4.42 Å². The highest BCUT2D eigenvalue weighted by atomic mass is 16.3. The predicted octanol–water partition coefficient (Wildman–Crippen LogP) is 6.95. The zero-order chi connectivity index (χ0) is 17.8. The first kappa shape index (κ1) is 16.1. The van der Waals surface area contributed by atoms with Crippen molar-refractivity contribution in [2.45, 2.75) is 6.42 Å². The van der Waals surface area contributed by atoms with Crippen LogP contribution in [0.2, 0.25) is 0 Å². The van der Waals surface area contributed by atoms with E-state index in [-0.39, 0.29) is 0 Å². The summed E-state index contributed by atoms with van der Waals surface area (Å²) in [5.41, 5.74) is 4.78. The first-order valence-electron chi connectivity index (χ1n) is 8.67. The Bertz CT molecular complexity index is 1120. The van der Waals surface area contributed by atoms with E-state index in [2.05, 4.69) is 48.0 Å². The Labute approximate surface area is 152 Å². The number of furan rings is 1. The second kappa shape index (κ2) is 7.24. The largest absolute Gasteiger partial charge is 0.455 e. The van der Waals surface area contributed by atoms with Crippen LogP contribution in [0, 0.1) is 0 Å². The van der Waals surface area contributed by atoms with Gasteiger partial charge in [-0.2, -0.15) is 0 Å². The lowest BCUT2D eigenvalue weighted by molar-refractivity contribution is 0.668. The molecular weight excluding hydrogens is 318 g/mol. The summed E-state index contributed by atoms with van der Waals surface area (Å²) in [7, 11) is 0. The Balaban J connectivity index is 1.62. The van der Waals surface area contributed by atoms with Crippen molar-refractivity contribution in [3.05, 3.63) is 97.1 Å². The third-order valence-corrected chi connectivity index (χ3v) is 4.32. The van der Waals surface area contributed by atoms with Crippen molar-refractivity contribution >= 4 is 39.4 Å². The van der Waals surface area contributed by atoms with Gasteiger partial charge in [0, 0.05) is 28.5 Å². The van der Waals surface area contributed by atoms with Crippen LogP contribution < -0.4 is 0 Å². The molecule has 126 valence electrons. The molecule has 0 aliphatic heterocycles. The maximum atomic E-state index is 6.06. The molecule has 26 heavy (non-hydrogen) atoms. The van der Waals surface area contributed by atoms with Gasteiger partial charge in [-0.3, -0.25) is 4.99 Å². The monoisotopic (exact) mass is 337 g/mol. The van der Waals surface area contributed by atoms with Gasteiger partial charge in [0.25, 0.3) is 0 Å². The van der Waals surface area contributed by atoms with Crippen molar-refractivity contribution in [2.24, 2.45) is 4.99 Å². The molecule has 0 saturated carbocycles. The van der Waals surface area contributed by atoms with Gasteiger partial charge < -0.3 is 4.42 Å². The first-order chi connectivity index (χ1) is 12.8. The molecule has 0 amide bonds. The summed E-state index contributed by atoms with van der Waals surface area (Å²) in [6, 6.07) is 24.3. The average molecular weight is 337 g/mol. The number of allylic oxidation sites excluding steroid dienone is 2. The van der Waals surface area contributed by atoms with Crippen LogP contribution in [0.1, 0.15) is 12.0 Å². The van der Waals surface area contributed by atoms with Gasteiger partial charge in [-0.1, -0.05) is 73.3 Å². The Hall–Kier alpha value is -3.39. The lowest BCUT2D eigenvalue weighted by atomic mass is 10.1. The van der Waals surface area contributed by atoms with Gasteiger partial charge >= 0.3 is 0 Å². The standard InChI is InChI=1S/C24H19NO/c1-2-19(25-20-12-4-3-5-13-20)14-8-10-18-11-9-16-22-21-15-6-7-17-23(21)26-24(18)22/h2-13,15-17H,1,14H2/b10-8+,25-19?. The highest BCUT2D eigenvalue weighted by molar-refractivity contribution is 6.07. The molecule has 3 aromatic carbocycles. The summed E-state index contributed by atoms with van der Waals surface area (Å²) in [6.07, 6.45) is 6.72. The van der Waals surface area contributed by atoms with Crippen LogP contribution in [-0.2, 0) is 0 Å². The highest BCUT2D eigenvalue weighted by Crippen LogP contribution is 2.31. The zero-order valence-electron chi connectivity index (χ0n) is 14.4. The lowest BCUT2D eigenvalue weighted by Gasteiger charge is -1.99. The fourth-order valence-corrected chi connectivity index (χ4v) is 3.05. The topological polar surface area (TPSA) is 25.5 Å². The molecule has 2 nitrogen and oxygen atoms in total. The zero-order valence-corrected chi connectivity index (χ0v) is 14.4. The number of hydrogen-bond donors (Lipinski definition) is 0. The molecule has 2 heteroatoms. The molecule has 1 aromatic heterocycles. The first-order valence-corrected chi connectivity index (χ1v) is 8.67. The Morgan fingerprint density at radius 3 is 2.50 bits per heavy atom. The minimum Gasteiger partial charge on any atom is -0.455 e. The summed E-state index contributed by atoms with van der Waals surface area (Å²) >= 11 is 0. The molecule has 0 saturated heterocycles. The molecule has 0 radical (unpaired) electrons. The number of hydrogen-bond acceptors (Lipinski definition) is 2. The second-order valence-corrected chi connectivity index (χ2v) is 6.07. The van der Waals surface area contributed by atoms with Crippen molar-refractivity contribution in [3.63, 3.8) is 0 Å². The van der Waals surface area contributed by atoms with Crippen molar-refractivity contribution in [2.75, 3.05) is 0 Å². The van der Waals surface area contributed by atoms with Gasteiger partial charge in [0.15, 0.2) is 0 Å². The van der Waals surface area contributed by atoms with E-state index in [0.29, 0.717) is 0 Å². The third kappa shape index (κ3) is 3.22. The Morgan fingerprint density at radius 1 is 0.885 bits per heavy atom. The van der Waals surface area contributed by atoms with Crippen LogP contribution in [0.15, 0.2) is 101 Å². The predicted molar refractivity (Wildman–Crippen MR) is 111 cm³/mol. The molecule has 0 atom stereocenters. The number of aliphatic imine (C=N–C) groups is 1. The fourth-order valence-electron chi connectivity index (χ4n) is 3.05. The van der Waals surface area contributed by atoms with Gasteiger partial charge in [0.1, 0.15) is 11.2 Å². The Morgan fingerprint density at radius 2 is 1.65 bits per heavy atom. The number of nitrogens with zero attached hydrogens (tertiary/aromatic N) is 1. The minimum absolute atomic E-state index is 0.717. The van der Waals surface area contributed by atoms with Crippen LogP contribution in [0.25, 0.3) is 28.0 Å². The number of para-hydroxylation sites is 3. The molecule has 0 aliphatic carbocycles. The summed E-state index contributed by atoms with van der Waals surface area (Å²) in [4.78, 5) is 4.63. The van der Waals surface area contributed by atoms with Crippen LogP contribution in [-0.4, -0.2) is 5.71 Å². The van der Waals surface area contributed by atoms with Gasteiger partial charge in [0.2, 0.25) is 0 Å². The molecule has 0 unspecified atom stereocenters. The fraction of sp³-hybridized carbons (Fsp3) is 0.0417. The molecule has 4 rings (SSSR count). The van der Waals surface area contributed by atoms with Crippen molar-refractivity contribution in [3.8, 4) is 0 Å². The number of benzene rings is 3. The second-order valence-electron chi connectivity index (χ2n) is 6.07. The van der Waals surface area contributed by atoms with Crippen LogP contribution >= 0.6 is 0 Å². The van der Waals surface area contributed by atoms with Gasteiger partial charge in [-0.05, 0) is 24.3 Å². The SMILES string of the molecule is C=CC(C/C=C/c1cccc2c1oc1ccccc12)=Nc1ccccc1. The summed E-state index contributed by atoms with van der Waals surface area (Å²) < 4.78 is 6.06. The smallest absolute Gasteiger partial charge is 0.142 e. The quantitative estimate of drug-likeness (QED) is 0.362. The van der Waals surface area contributed by atoms with Crippen molar-refractivity contribution in [1.29, 1.82) is 0 Å². The normalized spacial score (nSPS) is 12.2. The number of fused-ring (bicyclic) bond motifs is 3. The van der Waals surface area contributed by atoms with Crippen LogP contribution in [0.4, 0.5) is 5.69 Å². The van der Waals surface area contributed by atoms with Gasteiger partial charge in [-0.25, -0.2) is 0 Å². The molecule has 0 aliphatic rings. The molecule has 0 fully saturated rings. The van der Waals surface area contributed by atoms with E-state index in [1.807, 2.05) is 48.5 Å². The molecule has 0 spiro atoms. The highest BCUT2D eigenvalue weighted by Gasteiger charge is 2.08. The molecular formula is C24H19NO. The third-order valence-electron chi connectivity index (χ3n) is 4.32. The molecule has 0 N–H and O–H groups in total. The molecule has 4 aromatic rings. The van der Waals surface area contributed by atoms with E-state index in [0.717, 1.165) is 45.3 Å². The average Bonchev–Trinajstić information content (AvgIpc) is 3.07. The Kier molecular flexibility index (Phi) is 4.48. The summed E-state index contributed by atoms with van der Waals surface area (Å²) in [5, 5.41) is 2.29. The van der Waals surface area contributed by atoms with E-state index in [1.54, 1.807) is 6.08 Å². The maximum absolute atomic E-state index is 6.06. The maximum Gasteiger partial charge on any atom is 0.142 e. The van der Waals surface area contributed by atoms with E-state index < -0.39 is 0 Å². The summed E-state index contributed by atoms with van der Waals surface area (Å²) in [6.45, 7) is 3.88. The lowest BCUT2D eigenvalue weighted by Crippen LogP contribution is -1.89. The van der Waals surface area contributed by atoms with E-state index in [9.17, 15) is 0 Å².